The van der Waals surface area contributed by atoms with Gasteiger partial charge < -0.3 is 15.5 Å². The number of alkyl halides is 3. The highest BCUT2D eigenvalue weighted by molar-refractivity contribution is 5.98. The van der Waals surface area contributed by atoms with Crippen LogP contribution in [0.2, 0.25) is 0 Å². The number of hydrogen-bond acceptors (Lipinski definition) is 3. The standard InChI is InChI=1S/C11H10F3NO3/c12-11(13,14)10(4-5-10)15-9(18)6-2-1-3-7(16)8(6)17/h1-3,16-17H,4-5H2,(H,15,18). The minimum atomic E-state index is -4.52. The largest absolute Gasteiger partial charge is 0.504 e. The fourth-order valence-electron chi connectivity index (χ4n) is 1.60. The molecule has 1 fully saturated rings. The van der Waals surface area contributed by atoms with Gasteiger partial charge in [-0.15, -0.1) is 0 Å². The molecule has 0 radical (unpaired) electrons. The van der Waals surface area contributed by atoms with Crippen molar-refractivity contribution in [1.82, 2.24) is 5.32 Å². The molecule has 0 heterocycles. The van der Waals surface area contributed by atoms with Gasteiger partial charge in [-0.3, -0.25) is 4.79 Å². The van der Waals surface area contributed by atoms with Crippen molar-refractivity contribution in [1.29, 1.82) is 0 Å². The van der Waals surface area contributed by atoms with E-state index in [0.29, 0.717) is 0 Å². The van der Waals surface area contributed by atoms with Gasteiger partial charge in [0.25, 0.3) is 5.91 Å². The number of amides is 1. The quantitative estimate of drug-likeness (QED) is 0.712. The molecule has 1 amide bonds. The Hall–Kier alpha value is -1.92. The number of rotatable bonds is 2. The lowest BCUT2D eigenvalue weighted by molar-refractivity contribution is -0.163. The molecule has 7 heteroatoms. The van der Waals surface area contributed by atoms with Gasteiger partial charge in [-0.1, -0.05) is 6.07 Å². The molecule has 2 rings (SSSR count). The summed E-state index contributed by atoms with van der Waals surface area (Å²) >= 11 is 0. The number of benzene rings is 1. The number of hydrogen-bond donors (Lipinski definition) is 3. The molecule has 0 aliphatic heterocycles. The Kier molecular flexibility index (Phi) is 2.64. The van der Waals surface area contributed by atoms with Crippen molar-refractivity contribution in [3.05, 3.63) is 23.8 Å². The monoisotopic (exact) mass is 261 g/mol. The average Bonchev–Trinajstić information content (AvgIpc) is 3.02. The Bertz CT molecular complexity index is 495. The molecule has 1 aromatic rings. The molecule has 1 saturated carbocycles. The molecule has 1 aliphatic rings. The van der Waals surface area contributed by atoms with Crippen LogP contribution in [0.15, 0.2) is 18.2 Å². The first kappa shape index (κ1) is 12.5. The predicted octanol–water partition coefficient (Wildman–Crippen LogP) is 1.92. The molecule has 0 unspecified atom stereocenters. The van der Waals surface area contributed by atoms with E-state index in [-0.39, 0.29) is 18.4 Å². The second-order valence-corrected chi connectivity index (χ2v) is 4.21. The van der Waals surface area contributed by atoms with E-state index in [9.17, 15) is 28.2 Å². The summed E-state index contributed by atoms with van der Waals surface area (Å²) in [6.07, 6.45) is -4.88. The van der Waals surface area contributed by atoms with E-state index in [1.165, 1.54) is 6.07 Å². The highest BCUT2D eigenvalue weighted by Gasteiger charge is 2.64. The molecular formula is C11H10F3NO3. The van der Waals surface area contributed by atoms with Gasteiger partial charge in [0.15, 0.2) is 11.5 Å². The third-order valence-electron chi connectivity index (χ3n) is 2.90. The van der Waals surface area contributed by atoms with Gasteiger partial charge in [-0.25, -0.2) is 0 Å². The molecule has 0 bridgehead atoms. The summed E-state index contributed by atoms with van der Waals surface area (Å²) in [6, 6.07) is 3.52. The molecule has 4 nitrogen and oxygen atoms in total. The first-order valence-corrected chi connectivity index (χ1v) is 5.17. The van der Waals surface area contributed by atoms with Crippen molar-refractivity contribution in [2.24, 2.45) is 0 Å². The van der Waals surface area contributed by atoms with Crippen molar-refractivity contribution < 1.29 is 28.2 Å². The summed E-state index contributed by atoms with van der Waals surface area (Å²) in [5.74, 6) is -2.34. The van der Waals surface area contributed by atoms with Gasteiger partial charge in [-0.2, -0.15) is 13.2 Å². The van der Waals surface area contributed by atoms with Crippen LogP contribution in [0, 0.1) is 0 Å². The summed E-state index contributed by atoms with van der Waals surface area (Å²) in [4.78, 5) is 11.6. The third-order valence-corrected chi connectivity index (χ3v) is 2.90. The number of carbonyl (C=O) groups is 1. The molecule has 1 aromatic carbocycles. The lowest BCUT2D eigenvalue weighted by atomic mass is 10.1. The number of nitrogens with one attached hydrogen (secondary N) is 1. The van der Waals surface area contributed by atoms with Gasteiger partial charge in [0.2, 0.25) is 0 Å². The average molecular weight is 261 g/mol. The lowest BCUT2D eigenvalue weighted by Crippen LogP contribution is -2.47. The van der Waals surface area contributed by atoms with Crippen LogP contribution in [0.3, 0.4) is 0 Å². The van der Waals surface area contributed by atoms with Crippen LogP contribution >= 0.6 is 0 Å². The molecule has 1 aliphatic carbocycles. The predicted molar refractivity (Wildman–Crippen MR) is 55.3 cm³/mol. The number of phenolic OH excluding ortho intramolecular Hbond substituents is 2. The summed E-state index contributed by atoms with van der Waals surface area (Å²) in [7, 11) is 0. The van der Waals surface area contributed by atoms with E-state index in [1.807, 2.05) is 5.32 Å². The first-order chi connectivity index (χ1) is 8.27. The SMILES string of the molecule is O=C(NC1(C(F)(F)F)CC1)c1cccc(O)c1O. The van der Waals surface area contributed by atoms with Crippen molar-refractivity contribution in [2.75, 3.05) is 0 Å². The van der Waals surface area contributed by atoms with Crippen molar-refractivity contribution in [3.63, 3.8) is 0 Å². The van der Waals surface area contributed by atoms with Gasteiger partial charge in [0, 0.05) is 0 Å². The number of carbonyl (C=O) groups excluding carboxylic acids is 1. The van der Waals surface area contributed by atoms with Crippen molar-refractivity contribution in [3.8, 4) is 11.5 Å². The zero-order valence-corrected chi connectivity index (χ0v) is 9.08. The van der Waals surface area contributed by atoms with E-state index >= 15 is 0 Å². The smallest absolute Gasteiger partial charge is 0.411 e. The summed E-state index contributed by atoms with van der Waals surface area (Å²) in [5.41, 5.74) is -2.58. The minimum Gasteiger partial charge on any atom is -0.504 e. The fourth-order valence-corrected chi connectivity index (χ4v) is 1.60. The Morgan fingerprint density at radius 1 is 1.28 bits per heavy atom. The van der Waals surface area contributed by atoms with Crippen LogP contribution in [-0.2, 0) is 0 Å². The Balaban J connectivity index is 2.21. The Labute approximate surface area is 100 Å². The minimum absolute atomic E-state index is 0.179. The van der Waals surface area contributed by atoms with E-state index < -0.39 is 29.1 Å². The van der Waals surface area contributed by atoms with Crippen LogP contribution in [-0.4, -0.2) is 27.8 Å². The van der Waals surface area contributed by atoms with Crippen LogP contribution in [0.1, 0.15) is 23.2 Å². The number of halogens is 3. The first-order valence-electron chi connectivity index (χ1n) is 5.17. The zero-order valence-electron chi connectivity index (χ0n) is 9.08. The van der Waals surface area contributed by atoms with Crippen LogP contribution in [0.4, 0.5) is 13.2 Å². The molecule has 0 spiro atoms. The zero-order chi connectivity index (χ0) is 13.6. The second kappa shape index (κ2) is 3.79. The molecular weight excluding hydrogens is 251 g/mol. The van der Waals surface area contributed by atoms with Gasteiger partial charge in [0.05, 0.1) is 5.56 Å². The summed E-state index contributed by atoms with van der Waals surface area (Å²) in [5, 5.41) is 20.4. The highest BCUT2D eigenvalue weighted by Crippen LogP contribution is 2.49. The Morgan fingerprint density at radius 3 is 2.39 bits per heavy atom. The van der Waals surface area contributed by atoms with Crippen molar-refractivity contribution >= 4 is 5.91 Å². The maximum absolute atomic E-state index is 12.6. The number of aromatic hydroxyl groups is 2. The van der Waals surface area contributed by atoms with Crippen LogP contribution in [0.25, 0.3) is 0 Å². The van der Waals surface area contributed by atoms with E-state index in [4.69, 9.17) is 0 Å². The fraction of sp³-hybridized carbons (Fsp3) is 0.364. The normalized spacial score (nSPS) is 17.3. The molecule has 0 atom stereocenters. The third kappa shape index (κ3) is 1.96. The van der Waals surface area contributed by atoms with Crippen molar-refractivity contribution in [2.45, 2.75) is 24.6 Å². The summed E-state index contributed by atoms with van der Waals surface area (Å²) < 4.78 is 37.9. The highest BCUT2D eigenvalue weighted by atomic mass is 19.4. The molecule has 0 saturated heterocycles. The van der Waals surface area contributed by atoms with E-state index in [0.717, 1.165) is 12.1 Å². The molecule has 18 heavy (non-hydrogen) atoms. The lowest BCUT2D eigenvalue weighted by Gasteiger charge is -2.20. The van der Waals surface area contributed by atoms with E-state index in [1.54, 1.807) is 0 Å². The second-order valence-electron chi connectivity index (χ2n) is 4.21. The van der Waals surface area contributed by atoms with Gasteiger partial charge >= 0.3 is 6.18 Å². The van der Waals surface area contributed by atoms with Crippen LogP contribution < -0.4 is 5.32 Å². The van der Waals surface area contributed by atoms with Gasteiger partial charge in [-0.05, 0) is 25.0 Å². The maximum Gasteiger partial charge on any atom is 0.411 e. The maximum atomic E-state index is 12.6. The van der Waals surface area contributed by atoms with Gasteiger partial charge in [0.1, 0.15) is 5.54 Å². The topological polar surface area (TPSA) is 69.6 Å². The van der Waals surface area contributed by atoms with E-state index in [2.05, 4.69) is 0 Å². The Morgan fingerprint density at radius 2 is 1.89 bits per heavy atom. The number of para-hydroxylation sites is 1. The van der Waals surface area contributed by atoms with Crippen LogP contribution in [0.5, 0.6) is 11.5 Å². The molecule has 3 N–H and O–H groups in total. The molecule has 98 valence electrons. The molecule has 0 aromatic heterocycles. The number of phenols is 2. The summed E-state index contributed by atoms with van der Waals surface area (Å²) in [6.45, 7) is 0.